The number of rotatable bonds is 7. The van der Waals surface area contributed by atoms with Crippen LogP contribution in [0, 0.1) is 5.92 Å². The maximum Gasteiger partial charge on any atom is 0.263 e. The van der Waals surface area contributed by atoms with Gasteiger partial charge in [0, 0.05) is 38.6 Å². The number of nitrogens with zero attached hydrogens (tertiary/aromatic N) is 4. The molecule has 1 aromatic carbocycles. The van der Waals surface area contributed by atoms with E-state index in [-0.39, 0.29) is 11.8 Å². The van der Waals surface area contributed by atoms with Crippen LogP contribution in [0.15, 0.2) is 42.7 Å². The van der Waals surface area contributed by atoms with Crippen LogP contribution < -0.4 is 15.0 Å². The first-order valence-corrected chi connectivity index (χ1v) is 11.1. The van der Waals surface area contributed by atoms with E-state index in [1.54, 1.807) is 12.4 Å². The average molecular weight is 410 g/mol. The topological polar surface area (TPSA) is 70.6 Å². The molecule has 30 heavy (non-hydrogen) atoms. The highest BCUT2D eigenvalue weighted by Gasteiger charge is 2.28. The van der Waals surface area contributed by atoms with Crippen molar-refractivity contribution in [1.82, 2.24) is 20.2 Å². The van der Waals surface area contributed by atoms with Gasteiger partial charge in [-0.3, -0.25) is 4.79 Å². The van der Waals surface area contributed by atoms with E-state index in [1.165, 1.54) is 19.3 Å². The molecule has 1 atom stereocenters. The molecule has 0 radical (unpaired) electrons. The van der Waals surface area contributed by atoms with Gasteiger partial charge in [0.15, 0.2) is 5.82 Å². The molecule has 1 amide bonds. The zero-order valence-corrected chi connectivity index (χ0v) is 17.5. The van der Waals surface area contributed by atoms with Crippen molar-refractivity contribution < 1.29 is 9.53 Å². The Hall–Kier alpha value is -2.67. The highest BCUT2D eigenvalue weighted by Crippen LogP contribution is 2.30. The quantitative estimate of drug-likeness (QED) is 0.758. The molecule has 7 nitrogen and oxygen atoms in total. The molecule has 1 aromatic heterocycles. The van der Waals surface area contributed by atoms with Crippen LogP contribution in [-0.4, -0.2) is 60.0 Å². The number of anilines is 1. The van der Waals surface area contributed by atoms with Crippen molar-refractivity contribution in [2.24, 2.45) is 5.92 Å². The molecular formula is C23H31N5O2. The lowest BCUT2D eigenvalue weighted by molar-refractivity contribution is -0.125. The Bertz CT molecular complexity index is 810. The number of piperidine rings is 2. The van der Waals surface area contributed by atoms with E-state index in [0.717, 1.165) is 51.3 Å². The highest BCUT2D eigenvalue weighted by molar-refractivity contribution is 5.79. The van der Waals surface area contributed by atoms with Crippen molar-refractivity contribution in [2.75, 3.05) is 44.2 Å². The summed E-state index contributed by atoms with van der Waals surface area (Å²) in [5.41, 5.74) is 0. The predicted octanol–water partition coefficient (Wildman–Crippen LogP) is 3.09. The zero-order valence-electron chi connectivity index (χ0n) is 17.5. The fourth-order valence-electron chi connectivity index (χ4n) is 4.26. The molecule has 2 aromatic rings. The van der Waals surface area contributed by atoms with Gasteiger partial charge >= 0.3 is 0 Å². The summed E-state index contributed by atoms with van der Waals surface area (Å²) >= 11 is 0. The van der Waals surface area contributed by atoms with Crippen molar-refractivity contribution in [3.63, 3.8) is 0 Å². The summed E-state index contributed by atoms with van der Waals surface area (Å²) in [6.45, 7) is 5.47. The standard InChI is InChI=1S/C23H31N5O2/c29-22(25-13-17-27-14-5-2-6-15-27)19-8-7-16-28(18-19)21-23(26-12-11-24-21)30-20-9-3-1-4-10-20/h1,3-4,9-12,19H,2,5-8,13-18H2,(H,25,29). The SMILES string of the molecule is O=C(NCCN1CCCCC1)C1CCCN(c2nccnc2Oc2ccccc2)C1. The number of carbonyl (C=O) groups excluding carboxylic acids is 1. The van der Waals surface area contributed by atoms with E-state index in [9.17, 15) is 4.79 Å². The Morgan fingerprint density at radius 1 is 1.03 bits per heavy atom. The molecule has 0 bridgehead atoms. The van der Waals surface area contributed by atoms with Crippen molar-refractivity contribution in [2.45, 2.75) is 32.1 Å². The molecule has 2 aliphatic heterocycles. The van der Waals surface area contributed by atoms with Crippen LogP contribution in [0.2, 0.25) is 0 Å². The second-order valence-electron chi connectivity index (χ2n) is 8.08. The molecule has 0 spiro atoms. The smallest absolute Gasteiger partial charge is 0.263 e. The molecule has 1 unspecified atom stereocenters. The third-order valence-electron chi connectivity index (χ3n) is 5.87. The van der Waals surface area contributed by atoms with Crippen LogP contribution >= 0.6 is 0 Å². The van der Waals surface area contributed by atoms with Gasteiger partial charge in [0.2, 0.25) is 5.91 Å². The molecule has 2 fully saturated rings. The summed E-state index contributed by atoms with van der Waals surface area (Å²) in [6.07, 6.45) is 9.05. The van der Waals surface area contributed by atoms with E-state index in [0.29, 0.717) is 18.2 Å². The van der Waals surface area contributed by atoms with E-state index < -0.39 is 0 Å². The van der Waals surface area contributed by atoms with E-state index in [4.69, 9.17) is 4.74 Å². The summed E-state index contributed by atoms with van der Waals surface area (Å²) in [4.78, 5) is 26.2. The molecule has 0 aliphatic carbocycles. The van der Waals surface area contributed by atoms with E-state index >= 15 is 0 Å². The third-order valence-corrected chi connectivity index (χ3v) is 5.87. The summed E-state index contributed by atoms with van der Waals surface area (Å²) in [5, 5.41) is 3.15. The molecule has 2 aliphatic rings. The number of amides is 1. The Labute approximate surface area is 178 Å². The van der Waals surface area contributed by atoms with Gasteiger partial charge in [-0.1, -0.05) is 24.6 Å². The van der Waals surface area contributed by atoms with Crippen molar-refractivity contribution >= 4 is 11.7 Å². The van der Waals surface area contributed by atoms with Gasteiger partial charge in [-0.05, 0) is 50.9 Å². The lowest BCUT2D eigenvalue weighted by Gasteiger charge is -2.33. The van der Waals surface area contributed by atoms with Crippen LogP contribution in [0.3, 0.4) is 0 Å². The maximum absolute atomic E-state index is 12.8. The lowest BCUT2D eigenvalue weighted by Crippen LogP contribution is -2.45. The number of likely N-dealkylation sites (tertiary alicyclic amines) is 1. The molecule has 160 valence electrons. The largest absolute Gasteiger partial charge is 0.436 e. The second kappa shape index (κ2) is 10.4. The minimum absolute atomic E-state index is 0.0355. The number of hydrogen-bond donors (Lipinski definition) is 1. The number of aromatic nitrogens is 2. The number of hydrogen-bond acceptors (Lipinski definition) is 6. The van der Waals surface area contributed by atoms with E-state index in [2.05, 4.69) is 25.1 Å². The molecule has 3 heterocycles. The van der Waals surface area contributed by atoms with Crippen LogP contribution in [0.1, 0.15) is 32.1 Å². The predicted molar refractivity (Wildman–Crippen MR) is 117 cm³/mol. The van der Waals surface area contributed by atoms with Crippen molar-refractivity contribution in [3.8, 4) is 11.6 Å². The van der Waals surface area contributed by atoms with Crippen molar-refractivity contribution in [3.05, 3.63) is 42.7 Å². The summed E-state index contributed by atoms with van der Waals surface area (Å²) in [7, 11) is 0. The first-order valence-electron chi connectivity index (χ1n) is 11.1. The number of benzene rings is 1. The first kappa shape index (κ1) is 20.6. The van der Waals surface area contributed by atoms with Gasteiger partial charge in [0.25, 0.3) is 5.88 Å². The molecule has 7 heteroatoms. The Morgan fingerprint density at radius 2 is 1.83 bits per heavy atom. The monoisotopic (exact) mass is 409 g/mol. The molecule has 2 saturated heterocycles. The number of ether oxygens (including phenoxy) is 1. The summed E-state index contributed by atoms with van der Waals surface area (Å²) in [5.74, 6) is 2.02. The number of nitrogens with one attached hydrogen (secondary N) is 1. The lowest BCUT2D eigenvalue weighted by atomic mass is 9.97. The summed E-state index contributed by atoms with van der Waals surface area (Å²) < 4.78 is 5.97. The Balaban J connectivity index is 1.34. The minimum Gasteiger partial charge on any atom is -0.436 e. The van der Waals surface area contributed by atoms with E-state index in [1.807, 2.05) is 30.3 Å². The third kappa shape index (κ3) is 5.48. The zero-order chi connectivity index (χ0) is 20.6. The van der Waals surface area contributed by atoms with Crippen LogP contribution in [0.5, 0.6) is 11.6 Å². The molecular weight excluding hydrogens is 378 g/mol. The molecule has 4 rings (SSSR count). The Kier molecular flexibility index (Phi) is 7.13. The second-order valence-corrected chi connectivity index (χ2v) is 8.08. The summed E-state index contributed by atoms with van der Waals surface area (Å²) in [6, 6.07) is 9.59. The molecule has 0 saturated carbocycles. The fraction of sp³-hybridized carbons (Fsp3) is 0.522. The van der Waals surface area contributed by atoms with Crippen molar-refractivity contribution in [1.29, 1.82) is 0 Å². The molecule has 1 N–H and O–H groups in total. The number of para-hydroxylation sites is 1. The normalized spacial score (nSPS) is 20.0. The van der Waals surface area contributed by atoms with Gasteiger partial charge in [-0.25, -0.2) is 9.97 Å². The average Bonchev–Trinajstić information content (AvgIpc) is 2.81. The van der Waals surface area contributed by atoms with Gasteiger partial charge < -0.3 is 19.9 Å². The first-order chi connectivity index (χ1) is 14.8. The van der Waals surface area contributed by atoms with Gasteiger partial charge in [0.1, 0.15) is 5.75 Å². The fourth-order valence-corrected chi connectivity index (χ4v) is 4.26. The minimum atomic E-state index is -0.0355. The highest BCUT2D eigenvalue weighted by atomic mass is 16.5. The van der Waals surface area contributed by atoms with Gasteiger partial charge in [-0.15, -0.1) is 0 Å². The van der Waals surface area contributed by atoms with Crippen LogP contribution in [-0.2, 0) is 4.79 Å². The van der Waals surface area contributed by atoms with Crippen LogP contribution in [0.4, 0.5) is 5.82 Å². The maximum atomic E-state index is 12.8. The number of carbonyl (C=O) groups is 1. The van der Waals surface area contributed by atoms with Gasteiger partial charge in [-0.2, -0.15) is 0 Å². The van der Waals surface area contributed by atoms with Crippen LogP contribution in [0.25, 0.3) is 0 Å². The Morgan fingerprint density at radius 3 is 2.67 bits per heavy atom. The van der Waals surface area contributed by atoms with Gasteiger partial charge in [0.05, 0.1) is 5.92 Å².